The molecule has 23 heavy (non-hydrogen) atoms. The Morgan fingerprint density at radius 3 is 2.57 bits per heavy atom. The van der Waals surface area contributed by atoms with Crippen molar-refractivity contribution in [3.63, 3.8) is 0 Å². The van der Waals surface area contributed by atoms with Gasteiger partial charge in [0.15, 0.2) is 5.76 Å². The number of amides is 1. The number of nitrogens with one attached hydrogen (secondary N) is 1. The second kappa shape index (κ2) is 7.47. The number of hydrogen-bond acceptors (Lipinski definition) is 3. The van der Waals surface area contributed by atoms with Gasteiger partial charge in [-0.25, -0.2) is 0 Å². The molecule has 122 valence electrons. The Bertz CT molecular complexity index is 657. The van der Waals surface area contributed by atoms with E-state index in [-0.39, 0.29) is 5.91 Å². The second-order valence-electron chi connectivity index (χ2n) is 6.22. The average Bonchev–Trinajstić information content (AvgIpc) is 3.01. The molecule has 0 radical (unpaired) electrons. The van der Waals surface area contributed by atoms with Crippen LogP contribution in [0.5, 0.6) is 0 Å². The number of piperidine rings is 1. The fourth-order valence-electron chi connectivity index (χ4n) is 3.10. The van der Waals surface area contributed by atoms with Gasteiger partial charge in [0, 0.05) is 18.7 Å². The zero-order valence-electron chi connectivity index (χ0n) is 13.7. The first-order chi connectivity index (χ1) is 11.2. The van der Waals surface area contributed by atoms with E-state index in [2.05, 4.69) is 28.4 Å². The van der Waals surface area contributed by atoms with Gasteiger partial charge >= 0.3 is 0 Å². The molecule has 0 aliphatic carbocycles. The minimum Gasteiger partial charge on any atom is -0.459 e. The van der Waals surface area contributed by atoms with E-state index in [4.69, 9.17) is 4.42 Å². The van der Waals surface area contributed by atoms with Crippen molar-refractivity contribution in [2.45, 2.75) is 39.3 Å². The maximum Gasteiger partial charge on any atom is 0.287 e. The summed E-state index contributed by atoms with van der Waals surface area (Å²) in [4.78, 5) is 14.7. The summed E-state index contributed by atoms with van der Waals surface area (Å²) >= 11 is 0. The van der Waals surface area contributed by atoms with Gasteiger partial charge in [0.25, 0.3) is 5.91 Å². The summed E-state index contributed by atoms with van der Waals surface area (Å²) in [6.45, 7) is 5.72. The van der Waals surface area contributed by atoms with E-state index >= 15 is 0 Å². The highest BCUT2D eigenvalue weighted by atomic mass is 16.3. The fourth-order valence-corrected chi connectivity index (χ4v) is 3.10. The minimum atomic E-state index is -0.153. The van der Waals surface area contributed by atoms with Crippen LogP contribution in [0.1, 0.15) is 46.5 Å². The first-order valence-electron chi connectivity index (χ1n) is 8.35. The van der Waals surface area contributed by atoms with Gasteiger partial charge in [-0.15, -0.1) is 0 Å². The zero-order chi connectivity index (χ0) is 16.1. The van der Waals surface area contributed by atoms with Gasteiger partial charge in [-0.1, -0.05) is 30.7 Å². The monoisotopic (exact) mass is 312 g/mol. The highest BCUT2D eigenvalue weighted by Crippen LogP contribution is 2.16. The Morgan fingerprint density at radius 2 is 1.87 bits per heavy atom. The SMILES string of the molecule is Cc1ccoc1C(=O)NCc1ccccc1CN1CCCCC1. The molecule has 1 aromatic heterocycles. The maximum atomic E-state index is 12.2. The van der Waals surface area contributed by atoms with Crippen molar-refractivity contribution in [2.24, 2.45) is 0 Å². The maximum absolute atomic E-state index is 12.2. The molecule has 1 aliphatic heterocycles. The van der Waals surface area contributed by atoms with Crippen LogP contribution in [0.4, 0.5) is 0 Å². The van der Waals surface area contributed by atoms with Gasteiger partial charge in [-0.2, -0.15) is 0 Å². The van der Waals surface area contributed by atoms with E-state index in [1.54, 1.807) is 12.3 Å². The molecule has 1 aliphatic rings. The van der Waals surface area contributed by atoms with Crippen LogP contribution < -0.4 is 5.32 Å². The molecule has 2 aromatic rings. The molecule has 1 N–H and O–H groups in total. The molecule has 0 bridgehead atoms. The van der Waals surface area contributed by atoms with Crippen LogP contribution in [-0.4, -0.2) is 23.9 Å². The van der Waals surface area contributed by atoms with Crippen LogP contribution in [-0.2, 0) is 13.1 Å². The van der Waals surface area contributed by atoms with Crippen LogP contribution >= 0.6 is 0 Å². The molecule has 1 saturated heterocycles. The quantitative estimate of drug-likeness (QED) is 0.919. The van der Waals surface area contributed by atoms with Crippen LogP contribution in [0.25, 0.3) is 0 Å². The summed E-state index contributed by atoms with van der Waals surface area (Å²) < 4.78 is 5.25. The zero-order valence-corrected chi connectivity index (χ0v) is 13.7. The fraction of sp³-hybridized carbons (Fsp3) is 0.421. The summed E-state index contributed by atoms with van der Waals surface area (Å²) in [7, 11) is 0. The Kier molecular flexibility index (Phi) is 5.13. The minimum absolute atomic E-state index is 0.153. The van der Waals surface area contributed by atoms with Crippen LogP contribution in [0.15, 0.2) is 41.0 Å². The number of likely N-dealkylation sites (tertiary alicyclic amines) is 1. The summed E-state index contributed by atoms with van der Waals surface area (Å²) in [5, 5.41) is 2.97. The predicted octanol–water partition coefficient (Wildman–Crippen LogP) is 3.50. The molecule has 0 unspecified atom stereocenters. The molecule has 2 heterocycles. The lowest BCUT2D eigenvalue weighted by atomic mass is 10.0. The van der Waals surface area contributed by atoms with Gasteiger partial charge in [0.1, 0.15) is 0 Å². The highest BCUT2D eigenvalue weighted by Gasteiger charge is 2.15. The number of carbonyl (C=O) groups excluding carboxylic acids is 1. The lowest BCUT2D eigenvalue weighted by molar-refractivity contribution is 0.0922. The topological polar surface area (TPSA) is 45.5 Å². The van der Waals surface area contributed by atoms with Crippen LogP contribution in [0, 0.1) is 6.92 Å². The number of furan rings is 1. The Hall–Kier alpha value is -2.07. The number of hydrogen-bond donors (Lipinski definition) is 1. The van der Waals surface area contributed by atoms with E-state index in [1.807, 2.05) is 13.0 Å². The summed E-state index contributed by atoms with van der Waals surface area (Å²) in [5.74, 6) is 0.249. The lowest BCUT2D eigenvalue weighted by Gasteiger charge is -2.27. The van der Waals surface area contributed by atoms with E-state index in [0.717, 1.165) is 12.1 Å². The summed E-state index contributed by atoms with van der Waals surface area (Å²) in [6.07, 6.45) is 5.47. The third kappa shape index (κ3) is 4.02. The van der Waals surface area contributed by atoms with Crippen molar-refractivity contribution in [2.75, 3.05) is 13.1 Å². The number of aryl methyl sites for hydroxylation is 1. The number of benzene rings is 1. The third-order valence-corrected chi connectivity index (χ3v) is 4.47. The molecule has 4 heteroatoms. The van der Waals surface area contributed by atoms with Gasteiger partial charge in [0.2, 0.25) is 0 Å². The van der Waals surface area contributed by atoms with Crippen molar-refractivity contribution in [1.82, 2.24) is 10.2 Å². The summed E-state index contributed by atoms with van der Waals surface area (Å²) in [5.41, 5.74) is 3.34. The Labute approximate surface area is 137 Å². The van der Waals surface area contributed by atoms with E-state index in [9.17, 15) is 4.79 Å². The number of carbonyl (C=O) groups is 1. The highest BCUT2D eigenvalue weighted by molar-refractivity contribution is 5.92. The smallest absolute Gasteiger partial charge is 0.287 e. The molecule has 1 fully saturated rings. The summed E-state index contributed by atoms with van der Waals surface area (Å²) in [6, 6.07) is 10.2. The largest absolute Gasteiger partial charge is 0.459 e. The predicted molar refractivity (Wildman–Crippen MR) is 90.2 cm³/mol. The van der Waals surface area contributed by atoms with Crippen molar-refractivity contribution in [3.8, 4) is 0 Å². The van der Waals surface area contributed by atoms with E-state index in [1.165, 1.54) is 43.5 Å². The average molecular weight is 312 g/mol. The molecule has 1 aromatic carbocycles. The van der Waals surface area contributed by atoms with Gasteiger partial charge in [-0.3, -0.25) is 9.69 Å². The number of rotatable bonds is 5. The van der Waals surface area contributed by atoms with Crippen LogP contribution in [0.2, 0.25) is 0 Å². The Balaban J connectivity index is 1.63. The van der Waals surface area contributed by atoms with Crippen molar-refractivity contribution < 1.29 is 9.21 Å². The molecular weight excluding hydrogens is 288 g/mol. The molecule has 1 amide bonds. The van der Waals surface area contributed by atoms with Gasteiger partial charge in [0.05, 0.1) is 6.26 Å². The number of nitrogens with zero attached hydrogens (tertiary/aromatic N) is 1. The van der Waals surface area contributed by atoms with Crippen molar-refractivity contribution in [3.05, 3.63) is 59.0 Å². The normalized spacial score (nSPS) is 15.5. The standard InChI is InChI=1S/C19H24N2O2/c1-15-9-12-23-18(15)19(22)20-13-16-7-3-4-8-17(16)14-21-10-5-2-6-11-21/h3-4,7-9,12H,2,5-6,10-11,13-14H2,1H3,(H,20,22). The first kappa shape index (κ1) is 15.8. The molecule has 0 spiro atoms. The molecule has 3 rings (SSSR count). The molecule has 0 atom stereocenters. The van der Waals surface area contributed by atoms with Crippen molar-refractivity contribution in [1.29, 1.82) is 0 Å². The van der Waals surface area contributed by atoms with Gasteiger partial charge < -0.3 is 9.73 Å². The van der Waals surface area contributed by atoms with Crippen molar-refractivity contribution >= 4 is 5.91 Å². The van der Waals surface area contributed by atoms with E-state index in [0.29, 0.717) is 12.3 Å². The van der Waals surface area contributed by atoms with Gasteiger partial charge in [-0.05, 0) is 50.0 Å². The third-order valence-electron chi connectivity index (χ3n) is 4.47. The second-order valence-corrected chi connectivity index (χ2v) is 6.22. The molecule has 0 saturated carbocycles. The first-order valence-corrected chi connectivity index (χ1v) is 8.35. The molecule has 4 nitrogen and oxygen atoms in total. The molecular formula is C19H24N2O2. The van der Waals surface area contributed by atoms with E-state index < -0.39 is 0 Å². The lowest BCUT2D eigenvalue weighted by Crippen LogP contribution is -2.30. The Morgan fingerprint density at radius 1 is 1.13 bits per heavy atom. The van der Waals surface area contributed by atoms with Crippen LogP contribution in [0.3, 0.4) is 0 Å².